The molecule has 0 unspecified atom stereocenters. The van der Waals surface area contributed by atoms with Crippen LogP contribution in [-0.4, -0.2) is 34.0 Å². The van der Waals surface area contributed by atoms with Gasteiger partial charge in [0.05, 0.1) is 4.99 Å². The zero-order valence-electron chi connectivity index (χ0n) is 10.6. The van der Waals surface area contributed by atoms with Crippen molar-refractivity contribution < 1.29 is 0 Å². The Balaban J connectivity index is 2.42. The van der Waals surface area contributed by atoms with Crippen LogP contribution in [-0.2, 0) is 6.42 Å². The highest BCUT2D eigenvalue weighted by Gasteiger charge is 2.09. The Kier molecular flexibility index (Phi) is 6.08. The van der Waals surface area contributed by atoms with Gasteiger partial charge in [-0.2, -0.15) is 0 Å². The van der Waals surface area contributed by atoms with Gasteiger partial charge < -0.3 is 10.6 Å². The van der Waals surface area contributed by atoms with Crippen LogP contribution in [0.3, 0.4) is 0 Å². The van der Waals surface area contributed by atoms with E-state index in [0.29, 0.717) is 11.0 Å². The fourth-order valence-electron chi connectivity index (χ4n) is 1.70. The molecule has 94 valence electrons. The van der Waals surface area contributed by atoms with E-state index < -0.39 is 0 Å². The van der Waals surface area contributed by atoms with Crippen molar-refractivity contribution in [1.82, 2.24) is 9.88 Å². The summed E-state index contributed by atoms with van der Waals surface area (Å²) in [4.78, 5) is 7.11. The summed E-state index contributed by atoms with van der Waals surface area (Å²) < 4.78 is 0. The minimum absolute atomic E-state index is 0.515. The minimum Gasteiger partial charge on any atom is -0.393 e. The summed E-state index contributed by atoms with van der Waals surface area (Å²) in [6.07, 6.45) is 5.53. The van der Waals surface area contributed by atoms with Crippen molar-refractivity contribution in [3.8, 4) is 0 Å². The molecule has 1 aromatic rings. The maximum atomic E-state index is 5.54. The lowest BCUT2D eigenvalue weighted by molar-refractivity contribution is 0.231. The van der Waals surface area contributed by atoms with E-state index >= 15 is 0 Å². The van der Waals surface area contributed by atoms with Crippen LogP contribution in [0.5, 0.6) is 0 Å². The van der Waals surface area contributed by atoms with Gasteiger partial charge in [-0.15, -0.1) is 0 Å². The summed E-state index contributed by atoms with van der Waals surface area (Å²) in [5.41, 5.74) is 6.81. The monoisotopic (exact) mass is 251 g/mol. The summed E-state index contributed by atoms with van der Waals surface area (Å²) in [5.74, 6) is 0. The van der Waals surface area contributed by atoms with Crippen molar-refractivity contribution in [3.63, 3.8) is 0 Å². The van der Waals surface area contributed by atoms with Crippen LogP contribution >= 0.6 is 12.2 Å². The molecule has 0 atom stereocenters. The third-order valence-electron chi connectivity index (χ3n) is 2.79. The highest BCUT2D eigenvalue weighted by atomic mass is 32.1. The van der Waals surface area contributed by atoms with Crippen molar-refractivity contribution >= 4 is 17.2 Å². The first-order valence-corrected chi connectivity index (χ1v) is 6.41. The number of rotatable bonds is 7. The molecule has 1 aromatic heterocycles. The SMILES string of the molecule is CC(C)N(CCC(N)=S)CCc1cccnc1. The average Bonchev–Trinajstić information content (AvgIpc) is 2.29. The number of hydrogen-bond acceptors (Lipinski definition) is 3. The normalized spacial score (nSPS) is 11.1. The molecule has 0 aliphatic rings. The van der Waals surface area contributed by atoms with E-state index in [0.717, 1.165) is 25.9 Å². The van der Waals surface area contributed by atoms with Gasteiger partial charge in [-0.3, -0.25) is 4.98 Å². The third-order valence-corrected chi connectivity index (χ3v) is 2.99. The van der Waals surface area contributed by atoms with Gasteiger partial charge in [0, 0.05) is 37.9 Å². The van der Waals surface area contributed by atoms with Gasteiger partial charge in [-0.25, -0.2) is 0 Å². The molecule has 1 heterocycles. The van der Waals surface area contributed by atoms with Gasteiger partial charge in [0.1, 0.15) is 0 Å². The largest absolute Gasteiger partial charge is 0.393 e. The van der Waals surface area contributed by atoms with Gasteiger partial charge >= 0.3 is 0 Å². The summed E-state index contributed by atoms with van der Waals surface area (Å²) in [5, 5.41) is 0. The number of thiocarbonyl (C=S) groups is 1. The first-order chi connectivity index (χ1) is 8.09. The molecular weight excluding hydrogens is 230 g/mol. The van der Waals surface area contributed by atoms with E-state index in [1.54, 1.807) is 6.20 Å². The van der Waals surface area contributed by atoms with Crippen LogP contribution in [0.15, 0.2) is 24.5 Å². The topological polar surface area (TPSA) is 42.1 Å². The van der Waals surface area contributed by atoms with Gasteiger partial charge in [0.2, 0.25) is 0 Å². The molecule has 0 bridgehead atoms. The third kappa shape index (κ3) is 5.75. The van der Waals surface area contributed by atoms with Gasteiger partial charge in [0.25, 0.3) is 0 Å². The second-order valence-corrected chi connectivity index (χ2v) is 4.98. The Bertz CT molecular complexity index is 338. The zero-order valence-corrected chi connectivity index (χ0v) is 11.4. The first-order valence-electron chi connectivity index (χ1n) is 6.01. The average molecular weight is 251 g/mol. The summed E-state index contributed by atoms with van der Waals surface area (Å²) in [7, 11) is 0. The lowest BCUT2D eigenvalue weighted by Gasteiger charge is -2.26. The minimum atomic E-state index is 0.515. The molecule has 0 aliphatic heterocycles. The van der Waals surface area contributed by atoms with E-state index in [1.165, 1.54) is 5.56 Å². The van der Waals surface area contributed by atoms with E-state index in [2.05, 4.69) is 29.8 Å². The molecule has 17 heavy (non-hydrogen) atoms. The summed E-state index contributed by atoms with van der Waals surface area (Å²) in [6.45, 7) is 6.35. The smallest absolute Gasteiger partial charge is 0.0740 e. The van der Waals surface area contributed by atoms with Crippen molar-refractivity contribution in [2.45, 2.75) is 32.7 Å². The predicted octanol–water partition coefficient (Wildman–Crippen LogP) is 2.01. The highest BCUT2D eigenvalue weighted by Crippen LogP contribution is 2.04. The number of nitrogens with zero attached hydrogens (tertiary/aromatic N) is 2. The number of pyridine rings is 1. The number of nitrogens with two attached hydrogens (primary N) is 1. The molecular formula is C13H21N3S. The van der Waals surface area contributed by atoms with Crippen LogP contribution in [0.4, 0.5) is 0 Å². The van der Waals surface area contributed by atoms with Crippen molar-refractivity contribution in [1.29, 1.82) is 0 Å². The van der Waals surface area contributed by atoms with E-state index in [1.807, 2.05) is 12.3 Å². The molecule has 0 aliphatic carbocycles. The second kappa shape index (κ2) is 7.35. The molecule has 0 amide bonds. The van der Waals surface area contributed by atoms with Crippen LogP contribution in [0.25, 0.3) is 0 Å². The van der Waals surface area contributed by atoms with Crippen molar-refractivity contribution in [3.05, 3.63) is 30.1 Å². The van der Waals surface area contributed by atoms with Gasteiger partial charge in [0.15, 0.2) is 0 Å². The van der Waals surface area contributed by atoms with E-state index in [-0.39, 0.29) is 0 Å². The Morgan fingerprint density at radius 2 is 2.24 bits per heavy atom. The standard InChI is InChI=1S/C13H21N3S/c1-11(2)16(9-6-13(14)17)8-5-12-4-3-7-15-10-12/h3-4,7,10-11H,5-6,8-9H2,1-2H3,(H2,14,17). The van der Waals surface area contributed by atoms with Crippen LogP contribution in [0.2, 0.25) is 0 Å². The second-order valence-electron chi connectivity index (χ2n) is 4.46. The lowest BCUT2D eigenvalue weighted by Crippen LogP contribution is -2.35. The van der Waals surface area contributed by atoms with Crippen molar-refractivity contribution in [2.24, 2.45) is 5.73 Å². The molecule has 0 saturated carbocycles. The predicted molar refractivity (Wildman–Crippen MR) is 76.1 cm³/mol. The van der Waals surface area contributed by atoms with E-state index in [9.17, 15) is 0 Å². The Labute approximate surface area is 109 Å². The Hall–Kier alpha value is -1.00. The maximum absolute atomic E-state index is 5.54. The van der Waals surface area contributed by atoms with Crippen LogP contribution in [0, 0.1) is 0 Å². The Morgan fingerprint density at radius 3 is 2.76 bits per heavy atom. The molecule has 2 N–H and O–H groups in total. The van der Waals surface area contributed by atoms with Crippen LogP contribution in [0.1, 0.15) is 25.8 Å². The maximum Gasteiger partial charge on any atom is 0.0740 e. The molecule has 3 nitrogen and oxygen atoms in total. The fraction of sp³-hybridized carbons (Fsp3) is 0.538. The van der Waals surface area contributed by atoms with E-state index in [4.69, 9.17) is 18.0 Å². The first kappa shape index (κ1) is 14.1. The van der Waals surface area contributed by atoms with Gasteiger partial charge in [-0.1, -0.05) is 18.3 Å². The molecule has 0 spiro atoms. The molecule has 0 saturated heterocycles. The number of aromatic nitrogens is 1. The molecule has 0 radical (unpaired) electrons. The lowest BCUT2D eigenvalue weighted by atomic mass is 10.2. The molecule has 1 rings (SSSR count). The zero-order chi connectivity index (χ0) is 12.7. The van der Waals surface area contributed by atoms with Crippen LogP contribution < -0.4 is 5.73 Å². The fourth-order valence-corrected chi connectivity index (χ4v) is 1.79. The molecule has 4 heteroatoms. The Morgan fingerprint density at radius 1 is 1.47 bits per heavy atom. The molecule has 0 fully saturated rings. The molecule has 0 aromatic carbocycles. The quantitative estimate of drug-likeness (QED) is 0.753. The summed E-state index contributed by atoms with van der Waals surface area (Å²) in [6, 6.07) is 4.60. The van der Waals surface area contributed by atoms with Gasteiger partial charge in [-0.05, 0) is 31.9 Å². The highest BCUT2D eigenvalue weighted by molar-refractivity contribution is 7.80. The van der Waals surface area contributed by atoms with Crippen molar-refractivity contribution in [2.75, 3.05) is 13.1 Å². The summed E-state index contributed by atoms with van der Waals surface area (Å²) >= 11 is 4.92. The number of hydrogen-bond donors (Lipinski definition) is 1.